The van der Waals surface area contributed by atoms with Gasteiger partial charge < -0.3 is 5.32 Å². The molecule has 5 heteroatoms. The van der Waals surface area contributed by atoms with Gasteiger partial charge >= 0.3 is 0 Å². The molecule has 0 saturated heterocycles. The highest BCUT2D eigenvalue weighted by molar-refractivity contribution is 5.34. The van der Waals surface area contributed by atoms with Crippen LogP contribution in [0.3, 0.4) is 0 Å². The van der Waals surface area contributed by atoms with Crippen molar-refractivity contribution < 1.29 is 4.39 Å². The van der Waals surface area contributed by atoms with Crippen LogP contribution in [0, 0.1) is 5.82 Å². The lowest BCUT2D eigenvalue weighted by Crippen LogP contribution is -2.00. The Labute approximate surface area is 93.1 Å². The van der Waals surface area contributed by atoms with E-state index in [2.05, 4.69) is 15.4 Å². The monoisotopic (exact) mass is 220 g/mol. The molecule has 0 unspecified atom stereocenters. The number of nitrogens with zero attached hydrogens (tertiary/aromatic N) is 3. The Morgan fingerprint density at radius 1 is 1.38 bits per heavy atom. The van der Waals surface area contributed by atoms with Crippen molar-refractivity contribution in [3.63, 3.8) is 0 Å². The van der Waals surface area contributed by atoms with Crippen molar-refractivity contribution in [3.8, 4) is 0 Å². The fourth-order valence-corrected chi connectivity index (χ4v) is 1.34. The molecule has 0 aliphatic rings. The van der Waals surface area contributed by atoms with E-state index in [1.165, 1.54) is 12.3 Å². The number of aromatic nitrogens is 3. The summed E-state index contributed by atoms with van der Waals surface area (Å²) < 4.78 is 14.5. The number of aryl methyl sites for hydroxylation is 1. The van der Waals surface area contributed by atoms with Gasteiger partial charge in [-0.3, -0.25) is 4.68 Å². The lowest BCUT2D eigenvalue weighted by molar-refractivity contribution is 0.621. The van der Waals surface area contributed by atoms with Crippen LogP contribution < -0.4 is 5.32 Å². The zero-order chi connectivity index (χ0) is 11.4. The quantitative estimate of drug-likeness (QED) is 0.857. The number of pyridine rings is 1. The van der Waals surface area contributed by atoms with Crippen LogP contribution >= 0.6 is 0 Å². The van der Waals surface area contributed by atoms with E-state index in [1.807, 2.05) is 17.8 Å². The first-order valence-electron chi connectivity index (χ1n) is 5.14. The summed E-state index contributed by atoms with van der Waals surface area (Å²) in [5.74, 6) is 0.329. The highest BCUT2D eigenvalue weighted by Crippen LogP contribution is 2.06. The summed E-state index contributed by atoms with van der Waals surface area (Å²) in [6.45, 7) is 3.53. The van der Waals surface area contributed by atoms with Gasteiger partial charge in [-0.05, 0) is 19.1 Å². The van der Waals surface area contributed by atoms with Crippen molar-refractivity contribution in [1.29, 1.82) is 0 Å². The predicted molar refractivity (Wildman–Crippen MR) is 59.4 cm³/mol. The Bertz CT molecular complexity index is 449. The molecule has 0 aliphatic carbocycles. The van der Waals surface area contributed by atoms with Gasteiger partial charge in [0.15, 0.2) is 0 Å². The van der Waals surface area contributed by atoms with E-state index in [-0.39, 0.29) is 5.82 Å². The van der Waals surface area contributed by atoms with Crippen LogP contribution in [0.15, 0.2) is 30.7 Å². The molecule has 16 heavy (non-hydrogen) atoms. The van der Waals surface area contributed by atoms with E-state index in [1.54, 1.807) is 12.3 Å². The summed E-state index contributed by atoms with van der Waals surface area (Å²) in [6.07, 6.45) is 4.97. The maximum Gasteiger partial charge on any atom is 0.141 e. The van der Waals surface area contributed by atoms with Crippen molar-refractivity contribution in [2.75, 3.05) is 5.32 Å². The Morgan fingerprint density at radius 3 is 2.88 bits per heavy atom. The van der Waals surface area contributed by atoms with Gasteiger partial charge in [-0.25, -0.2) is 9.37 Å². The summed E-state index contributed by atoms with van der Waals surface area (Å²) in [7, 11) is 0. The van der Waals surface area contributed by atoms with Gasteiger partial charge in [0.25, 0.3) is 0 Å². The van der Waals surface area contributed by atoms with Gasteiger partial charge in [-0.2, -0.15) is 5.10 Å². The molecule has 2 aromatic rings. The summed E-state index contributed by atoms with van der Waals surface area (Å²) in [5.41, 5.74) is 1.08. The largest absolute Gasteiger partial charge is 0.366 e. The fraction of sp³-hybridized carbons (Fsp3) is 0.273. The number of hydrogen-bond acceptors (Lipinski definition) is 3. The van der Waals surface area contributed by atoms with Gasteiger partial charge in [0.2, 0.25) is 0 Å². The molecule has 0 bridgehead atoms. The maximum absolute atomic E-state index is 12.6. The van der Waals surface area contributed by atoms with E-state index in [9.17, 15) is 4.39 Å². The molecule has 0 amide bonds. The van der Waals surface area contributed by atoms with Gasteiger partial charge in [0.1, 0.15) is 11.6 Å². The second-order valence-corrected chi connectivity index (χ2v) is 3.42. The van der Waals surface area contributed by atoms with Gasteiger partial charge in [0.05, 0.1) is 12.4 Å². The first kappa shape index (κ1) is 10.6. The number of nitrogens with one attached hydrogen (secondary N) is 1. The second kappa shape index (κ2) is 4.74. The summed E-state index contributed by atoms with van der Waals surface area (Å²) in [6, 6.07) is 2.99. The third-order valence-electron chi connectivity index (χ3n) is 2.21. The van der Waals surface area contributed by atoms with Crippen molar-refractivity contribution in [3.05, 3.63) is 42.1 Å². The average molecular weight is 220 g/mol. The van der Waals surface area contributed by atoms with Crippen LogP contribution in [0.4, 0.5) is 10.2 Å². The van der Waals surface area contributed by atoms with Crippen LogP contribution in [-0.4, -0.2) is 14.8 Å². The van der Waals surface area contributed by atoms with Crippen molar-refractivity contribution in [2.24, 2.45) is 0 Å². The van der Waals surface area contributed by atoms with Gasteiger partial charge in [-0.15, -0.1) is 0 Å². The van der Waals surface area contributed by atoms with E-state index in [0.717, 1.165) is 12.1 Å². The zero-order valence-electron chi connectivity index (χ0n) is 9.02. The first-order chi connectivity index (χ1) is 7.78. The number of anilines is 1. The van der Waals surface area contributed by atoms with Crippen molar-refractivity contribution >= 4 is 5.82 Å². The van der Waals surface area contributed by atoms with E-state index < -0.39 is 0 Å². The minimum absolute atomic E-state index is 0.329. The minimum atomic E-state index is -0.329. The predicted octanol–water partition coefficient (Wildman–Crippen LogP) is 2.05. The molecule has 0 atom stereocenters. The lowest BCUT2D eigenvalue weighted by atomic mass is 10.3. The first-order valence-corrected chi connectivity index (χ1v) is 5.14. The zero-order valence-corrected chi connectivity index (χ0v) is 9.02. The third-order valence-corrected chi connectivity index (χ3v) is 2.21. The molecule has 4 nitrogen and oxygen atoms in total. The van der Waals surface area contributed by atoms with E-state index in [4.69, 9.17) is 0 Å². The smallest absolute Gasteiger partial charge is 0.141 e. The van der Waals surface area contributed by atoms with Crippen LogP contribution in [0.1, 0.15) is 12.5 Å². The molecule has 84 valence electrons. The summed E-state index contributed by atoms with van der Waals surface area (Å²) in [4.78, 5) is 3.91. The van der Waals surface area contributed by atoms with Crippen LogP contribution in [0.5, 0.6) is 0 Å². The molecule has 0 aromatic carbocycles. The molecular weight excluding hydrogens is 207 g/mol. The number of rotatable bonds is 4. The Balaban J connectivity index is 1.94. The Kier molecular flexibility index (Phi) is 3.14. The molecule has 0 fully saturated rings. The van der Waals surface area contributed by atoms with Crippen LogP contribution in [0.25, 0.3) is 0 Å². The number of halogens is 1. The molecule has 2 aromatic heterocycles. The van der Waals surface area contributed by atoms with E-state index >= 15 is 0 Å². The number of hydrogen-bond donors (Lipinski definition) is 1. The summed E-state index contributed by atoms with van der Waals surface area (Å²) >= 11 is 0. The lowest BCUT2D eigenvalue weighted by Gasteiger charge is -2.02. The van der Waals surface area contributed by atoms with Gasteiger partial charge in [-0.1, -0.05) is 0 Å². The Hall–Kier alpha value is -1.91. The SMILES string of the molecule is CCn1cc(CNc2ccc(F)cn2)cn1. The second-order valence-electron chi connectivity index (χ2n) is 3.42. The highest BCUT2D eigenvalue weighted by atomic mass is 19.1. The van der Waals surface area contributed by atoms with E-state index in [0.29, 0.717) is 12.4 Å². The van der Waals surface area contributed by atoms with Gasteiger partial charge in [0, 0.05) is 24.8 Å². The molecular formula is C11H13FN4. The Morgan fingerprint density at radius 2 is 2.25 bits per heavy atom. The normalized spacial score (nSPS) is 10.4. The van der Waals surface area contributed by atoms with Crippen molar-refractivity contribution in [2.45, 2.75) is 20.0 Å². The maximum atomic E-state index is 12.6. The molecule has 0 spiro atoms. The highest BCUT2D eigenvalue weighted by Gasteiger charge is 1.98. The standard InChI is InChI=1S/C11H13FN4/c1-2-16-8-9(6-15-16)5-13-11-4-3-10(12)7-14-11/h3-4,6-8H,2,5H2,1H3,(H,13,14). The average Bonchev–Trinajstić information content (AvgIpc) is 2.76. The van der Waals surface area contributed by atoms with Crippen LogP contribution in [0.2, 0.25) is 0 Å². The molecule has 2 heterocycles. The van der Waals surface area contributed by atoms with Crippen molar-refractivity contribution in [1.82, 2.24) is 14.8 Å². The van der Waals surface area contributed by atoms with Crippen LogP contribution in [-0.2, 0) is 13.1 Å². The molecule has 1 N–H and O–H groups in total. The molecule has 2 rings (SSSR count). The topological polar surface area (TPSA) is 42.7 Å². The molecule has 0 saturated carbocycles. The minimum Gasteiger partial charge on any atom is -0.366 e. The summed E-state index contributed by atoms with van der Waals surface area (Å²) in [5, 5.41) is 7.25. The molecule has 0 radical (unpaired) electrons. The fourth-order valence-electron chi connectivity index (χ4n) is 1.34. The molecule has 0 aliphatic heterocycles. The third kappa shape index (κ3) is 2.56.